The third-order valence-corrected chi connectivity index (χ3v) is 4.33. The molecule has 0 heteroatoms. The molecule has 50 valence electrons. The van der Waals surface area contributed by atoms with Crippen molar-refractivity contribution in [2.45, 2.75) is 26.2 Å². The van der Waals surface area contributed by atoms with Crippen molar-refractivity contribution in [1.29, 1.82) is 0 Å². The largest absolute Gasteiger partial charge is 0.0620 e. The Bertz CT molecular complexity index is 139. The molecule has 3 aliphatic carbocycles. The third-order valence-electron chi connectivity index (χ3n) is 4.33. The molecule has 2 bridgehead atoms. The van der Waals surface area contributed by atoms with E-state index in [0.717, 1.165) is 5.92 Å². The highest BCUT2D eigenvalue weighted by Crippen LogP contribution is 2.65. The topological polar surface area (TPSA) is 0 Å². The molecule has 5 unspecified atom stereocenters. The molecule has 3 rings (SSSR count). The van der Waals surface area contributed by atoms with Gasteiger partial charge in [-0.3, -0.25) is 0 Å². The van der Waals surface area contributed by atoms with Crippen molar-refractivity contribution in [2.24, 2.45) is 29.6 Å². The van der Waals surface area contributed by atoms with Gasteiger partial charge in [0.1, 0.15) is 0 Å². The SMILES string of the molecule is CC1C2CC3CC1C3C2. The Balaban J connectivity index is 2.00. The van der Waals surface area contributed by atoms with E-state index in [9.17, 15) is 0 Å². The lowest BCUT2D eigenvalue weighted by atomic mass is 9.60. The van der Waals surface area contributed by atoms with E-state index in [0.29, 0.717) is 0 Å². The highest BCUT2D eigenvalue weighted by Gasteiger charge is 2.57. The Hall–Kier alpha value is 0. The predicted octanol–water partition coefficient (Wildman–Crippen LogP) is 2.30. The van der Waals surface area contributed by atoms with Crippen LogP contribution in [-0.2, 0) is 0 Å². The average molecular weight is 122 g/mol. The van der Waals surface area contributed by atoms with Crippen LogP contribution in [-0.4, -0.2) is 0 Å². The second-order valence-electron chi connectivity index (χ2n) is 4.41. The second-order valence-corrected chi connectivity index (χ2v) is 4.41. The van der Waals surface area contributed by atoms with Gasteiger partial charge in [0, 0.05) is 0 Å². The van der Waals surface area contributed by atoms with Crippen molar-refractivity contribution in [2.75, 3.05) is 0 Å². The number of rotatable bonds is 0. The van der Waals surface area contributed by atoms with Crippen LogP contribution in [0.3, 0.4) is 0 Å². The Kier molecular flexibility index (Phi) is 0.640. The lowest BCUT2D eigenvalue weighted by molar-refractivity contribution is 0.0377. The monoisotopic (exact) mass is 122 g/mol. The lowest BCUT2D eigenvalue weighted by Crippen LogP contribution is -2.38. The summed E-state index contributed by atoms with van der Waals surface area (Å²) in [6.45, 7) is 2.48. The maximum atomic E-state index is 2.48. The minimum absolute atomic E-state index is 1.11. The molecule has 0 aromatic heterocycles. The zero-order valence-electron chi connectivity index (χ0n) is 6.01. The van der Waals surface area contributed by atoms with Crippen LogP contribution in [0.2, 0.25) is 0 Å². The standard InChI is InChI=1S/C9H14/c1-5-6-2-7-4-8(5)9(7)3-6/h5-9H,2-4H2,1H3. The Labute approximate surface area is 56.6 Å². The fourth-order valence-electron chi connectivity index (χ4n) is 3.71. The molecule has 0 radical (unpaired) electrons. The summed E-state index contributed by atoms with van der Waals surface area (Å²) in [6, 6.07) is 0. The molecule has 0 N–H and O–H groups in total. The molecule has 0 amide bonds. The van der Waals surface area contributed by atoms with Gasteiger partial charge in [-0.25, -0.2) is 0 Å². The van der Waals surface area contributed by atoms with Gasteiger partial charge in [0.25, 0.3) is 0 Å². The Morgan fingerprint density at radius 3 is 2.00 bits per heavy atom. The summed E-state index contributed by atoms with van der Waals surface area (Å²) in [7, 11) is 0. The molecule has 0 aliphatic heterocycles. The first-order chi connectivity index (χ1) is 4.36. The summed E-state index contributed by atoms with van der Waals surface area (Å²) in [5, 5.41) is 0. The van der Waals surface area contributed by atoms with Gasteiger partial charge in [-0.05, 0) is 48.9 Å². The molecule has 0 spiro atoms. The van der Waals surface area contributed by atoms with Crippen LogP contribution in [0.1, 0.15) is 26.2 Å². The smallest absolute Gasteiger partial charge is 0.0352 e. The van der Waals surface area contributed by atoms with Gasteiger partial charge in [0.2, 0.25) is 0 Å². The van der Waals surface area contributed by atoms with Gasteiger partial charge >= 0.3 is 0 Å². The molecule has 0 aromatic carbocycles. The summed E-state index contributed by atoms with van der Waals surface area (Å²) >= 11 is 0. The molecule has 0 aromatic rings. The minimum atomic E-state index is 1.11. The molecule has 0 saturated heterocycles. The highest BCUT2D eigenvalue weighted by molar-refractivity contribution is 5.07. The van der Waals surface area contributed by atoms with Crippen LogP contribution in [0.5, 0.6) is 0 Å². The summed E-state index contributed by atoms with van der Waals surface area (Å²) in [4.78, 5) is 0. The van der Waals surface area contributed by atoms with Crippen molar-refractivity contribution in [1.82, 2.24) is 0 Å². The second kappa shape index (κ2) is 1.21. The molecule has 0 nitrogen and oxygen atoms in total. The quantitative estimate of drug-likeness (QED) is 0.462. The van der Waals surface area contributed by atoms with Crippen LogP contribution >= 0.6 is 0 Å². The fraction of sp³-hybridized carbons (Fsp3) is 1.00. The van der Waals surface area contributed by atoms with Crippen LogP contribution < -0.4 is 0 Å². The van der Waals surface area contributed by atoms with Crippen LogP contribution in [0.4, 0.5) is 0 Å². The first-order valence-corrected chi connectivity index (χ1v) is 4.36. The highest BCUT2D eigenvalue weighted by atomic mass is 14.6. The van der Waals surface area contributed by atoms with Crippen molar-refractivity contribution in [3.63, 3.8) is 0 Å². The van der Waals surface area contributed by atoms with E-state index in [1.807, 2.05) is 0 Å². The molecular weight excluding hydrogens is 108 g/mol. The number of fused-ring (bicyclic) bond motifs is 1. The lowest BCUT2D eigenvalue weighted by Gasteiger charge is -2.45. The molecule has 3 aliphatic rings. The van der Waals surface area contributed by atoms with Gasteiger partial charge in [0.05, 0.1) is 0 Å². The van der Waals surface area contributed by atoms with Gasteiger partial charge in [0.15, 0.2) is 0 Å². The molecular formula is C9H14. The summed E-state index contributed by atoms with van der Waals surface area (Å²) < 4.78 is 0. The minimum Gasteiger partial charge on any atom is -0.0620 e. The summed E-state index contributed by atoms with van der Waals surface area (Å²) in [5.74, 6) is 5.88. The zero-order valence-corrected chi connectivity index (χ0v) is 6.01. The van der Waals surface area contributed by atoms with Gasteiger partial charge in [-0.15, -0.1) is 0 Å². The van der Waals surface area contributed by atoms with Crippen LogP contribution in [0, 0.1) is 29.6 Å². The maximum absolute atomic E-state index is 2.48. The van der Waals surface area contributed by atoms with E-state index < -0.39 is 0 Å². The first-order valence-electron chi connectivity index (χ1n) is 4.36. The molecule has 9 heavy (non-hydrogen) atoms. The molecule has 0 heterocycles. The van der Waals surface area contributed by atoms with E-state index in [1.165, 1.54) is 23.7 Å². The van der Waals surface area contributed by atoms with Crippen molar-refractivity contribution in [3.05, 3.63) is 0 Å². The van der Waals surface area contributed by atoms with Crippen molar-refractivity contribution in [3.8, 4) is 0 Å². The zero-order chi connectivity index (χ0) is 6.01. The Morgan fingerprint density at radius 2 is 1.67 bits per heavy atom. The van der Waals surface area contributed by atoms with Crippen molar-refractivity contribution >= 4 is 0 Å². The average Bonchev–Trinajstić information content (AvgIpc) is 2.20. The number of hydrogen-bond donors (Lipinski definition) is 0. The van der Waals surface area contributed by atoms with E-state index in [4.69, 9.17) is 0 Å². The van der Waals surface area contributed by atoms with Gasteiger partial charge < -0.3 is 0 Å². The molecule has 3 fully saturated rings. The predicted molar refractivity (Wildman–Crippen MR) is 37.0 cm³/mol. The van der Waals surface area contributed by atoms with E-state index in [-0.39, 0.29) is 0 Å². The van der Waals surface area contributed by atoms with Gasteiger partial charge in [-0.2, -0.15) is 0 Å². The molecule has 5 atom stereocenters. The van der Waals surface area contributed by atoms with E-state index >= 15 is 0 Å². The van der Waals surface area contributed by atoms with Crippen LogP contribution in [0.25, 0.3) is 0 Å². The Morgan fingerprint density at radius 1 is 0.889 bits per heavy atom. The van der Waals surface area contributed by atoms with E-state index in [1.54, 1.807) is 19.3 Å². The van der Waals surface area contributed by atoms with E-state index in [2.05, 4.69) is 6.92 Å². The normalized spacial score (nSPS) is 68.3. The van der Waals surface area contributed by atoms with Gasteiger partial charge in [-0.1, -0.05) is 6.92 Å². The first kappa shape index (κ1) is 4.76. The fourth-order valence-corrected chi connectivity index (χ4v) is 3.71. The third kappa shape index (κ3) is 0.367. The maximum Gasteiger partial charge on any atom is -0.0352 e. The number of hydrogen-bond acceptors (Lipinski definition) is 0. The summed E-state index contributed by atoms with van der Waals surface area (Å²) in [6.07, 6.45) is 4.81. The van der Waals surface area contributed by atoms with Crippen LogP contribution in [0.15, 0.2) is 0 Å². The molecule has 3 saturated carbocycles. The summed E-state index contributed by atoms with van der Waals surface area (Å²) in [5.41, 5.74) is 0. The van der Waals surface area contributed by atoms with Crippen molar-refractivity contribution < 1.29 is 0 Å².